The van der Waals surface area contributed by atoms with E-state index < -0.39 is 5.97 Å². The molecular formula is C13H16O3. The fraction of sp³-hybridized carbons (Fsp3) is 0.308. The van der Waals surface area contributed by atoms with E-state index in [-0.39, 0.29) is 17.2 Å². The summed E-state index contributed by atoms with van der Waals surface area (Å²) in [4.78, 5) is 11.1. The van der Waals surface area contributed by atoms with Gasteiger partial charge < -0.3 is 10.2 Å². The normalized spacial score (nSPS) is 12.1. The van der Waals surface area contributed by atoms with E-state index in [0.717, 1.165) is 5.57 Å². The van der Waals surface area contributed by atoms with Gasteiger partial charge in [-0.25, -0.2) is 4.79 Å². The van der Waals surface area contributed by atoms with Crippen LogP contribution in [-0.2, 0) is 0 Å². The van der Waals surface area contributed by atoms with E-state index in [1.54, 1.807) is 12.1 Å². The first-order chi connectivity index (χ1) is 7.43. The molecule has 86 valence electrons. The summed E-state index contributed by atoms with van der Waals surface area (Å²) in [6.45, 7) is 7.64. The molecule has 0 aliphatic heterocycles. The van der Waals surface area contributed by atoms with Crippen LogP contribution in [0.5, 0.6) is 5.75 Å². The molecule has 1 rings (SSSR count). The molecule has 1 aromatic rings. The van der Waals surface area contributed by atoms with E-state index in [4.69, 9.17) is 5.11 Å². The van der Waals surface area contributed by atoms with Gasteiger partial charge in [-0.2, -0.15) is 0 Å². The van der Waals surface area contributed by atoms with Gasteiger partial charge in [-0.05, 0) is 30.9 Å². The first-order valence-corrected chi connectivity index (χ1v) is 5.13. The number of benzene rings is 1. The van der Waals surface area contributed by atoms with E-state index in [1.165, 1.54) is 6.07 Å². The highest BCUT2D eigenvalue weighted by atomic mass is 16.4. The van der Waals surface area contributed by atoms with Crippen LogP contribution in [0.4, 0.5) is 0 Å². The van der Waals surface area contributed by atoms with Crippen LogP contribution < -0.4 is 0 Å². The van der Waals surface area contributed by atoms with Gasteiger partial charge in [0.25, 0.3) is 0 Å². The molecule has 3 heteroatoms. The number of rotatable bonds is 4. The van der Waals surface area contributed by atoms with Crippen molar-refractivity contribution in [3.05, 3.63) is 41.5 Å². The Kier molecular flexibility index (Phi) is 3.72. The molecule has 0 saturated carbocycles. The number of phenols is 1. The highest BCUT2D eigenvalue weighted by Gasteiger charge is 2.19. The second kappa shape index (κ2) is 4.84. The third kappa shape index (κ3) is 2.63. The van der Waals surface area contributed by atoms with Crippen LogP contribution >= 0.6 is 0 Å². The molecule has 0 bridgehead atoms. The molecule has 3 nitrogen and oxygen atoms in total. The predicted octanol–water partition coefficient (Wildman–Crippen LogP) is 3.16. The van der Waals surface area contributed by atoms with Crippen LogP contribution in [0, 0.1) is 0 Å². The van der Waals surface area contributed by atoms with Gasteiger partial charge in [-0.15, -0.1) is 6.58 Å². The maximum absolute atomic E-state index is 11.1. The van der Waals surface area contributed by atoms with Crippen LogP contribution in [0.15, 0.2) is 30.4 Å². The lowest BCUT2D eigenvalue weighted by Gasteiger charge is -2.15. The third-order valence-corrected chi connectivity index (χ3v) is 2.47. The quantitative estimate of drug-likeness (QED) is 0.766. The van der Waals surface area contributed by atoms with Gasteiger partial charge in [0.1, 0.15) is 11.3 Å². The minimum atomic E-state index is -1.10. The van der Waals surface area contributed by atoms with Crippen molar-refractivity contribution in [3.8, 4) is 5.75 Å². The second-order valence-electron chi connectivity index (χ2n) is 4.11. The van der Waals surface area contributed by atoms with Gasteiger partial charge >= 0.3 is 5.97 Å². The van der Waals surface area contributed by atoms with Gasteiger partial charge in [-0.3, -0.25) is 0 Å². The Morgan fingerprint density at radius 1 is 1.50 bits per heavy atom. The van der Waals surface area contributed by atoms with Crippen molar-refractivity contribution in [2.45, 2.75) is 26.2 Å². The van der Waals surface area contributed by atoms with Crippen LogP contribution in [0.25, 0.3) is 0 Å². The summed E-state index contributed by atoms with van der Waals surface area (Å²) in [6, 6.07) is 4.78. The fourth-order valence-corrected chi connectivity index (χ4v) is 1.83. The van der Waals surface area contributed by atoms with E-state index in [0.29, 0.717) is 12.0 Å². The highest BCUT2D eigenvalue weighted by Crippen LogP contribution is 2.30. The Bertz CT molecular complexity index is 421. The Labute approximate surface area is 95.0 Å². The van der Waals surface area contributed by atoms with Gasteiger partial charge in [-0.1, -0.05) is 24.6 Å². The van der Waals surface area contributed by atoms with Crippen molar-refractivity contribution in [2.75, 3.05) is 0 Å². The molecule has 0 spiro atoms. The van der Waals surface area contributed by atoms with E-state index in [9.17, 15) is 9.90 Å². The van der Waals surface area contributed by atoms with Gasteiger partial charge in [0.05, 0.1) is 0 Å². The molecule has 1 atom stereocenters. The fourth-order valence-electron chi connectivity index (χ4n) is 1.83. The first kappa shape index (κ1) is 12.3. The zero-order chi connectivity index (χ0) is 12.3. The molecule has 0 heterocycles. The standard InChI is InChI=1S/C13H16O3/c1-8(2)7-9(3)10-5-4-6-11(14)12(10)13(15)16/h4-6,9,14H,1,7H2,2-3H3,(H,15,16). The second-order valence-corrected chi connectivity index (χ2v) is 4.11. The Morgan fingerprint density at radius 3 is 2.62 bits per heavy atom. The number of carbonyl (C=O) groups is 1. The number of carboxylic acid groups (broad SMARTS) is 1. The summed E-state index contributed by atoms with van der Waals surface area (Å²) in [6.07, 6.45) is 0.712. The van der Waals surface area contributed by atoms with Gasteiger partial charge in [0, 0.05) is 0 Å². The maximum Gasteiger partial charge on any atom is 0.339 e. The number of aromatic hydroxyl groups is 1. The molecular weight excluding hydrogens is 204 g/mol. The molecule has 2 N–H and O–H groups in total. The summed E-state index contributed by atoms with van der Waals surface area (Å²) in [5.41, 5.74) is 1.64. The molecule has 0 radical (unpaired) electrons. The zero-order valence-electron chi connectivity index (χ0n) is 9.53. The summed E-state index contributed by atoms with van der Waals surface area (Å²) in [7, 11) is 0. The molecule has 0 aliphatic carbocycles. The van der Waals surface area contributed by atoms with Crippen molar-refractivity contribution in [2.24, 2.45) is 0 Å². The van der Waals surface area contributed by atoms with Crippen molar-refractivity contribution < 1.29 is 15.0 Å². The van der Waals surface area contributed by atoms with Crippen molar-refractivity contribution >= 4 is 5.97 Å². The van der Waals surface area contributed by atoms with E-state index >= 15 is 0 Å². The molecule has 0 saturated heterocycles. The minimum absolute atomic E-state index is 0.00347. The highest BCUT2D eigenvalue weighted by molar-refractivity contribution is 5.92. The lowest BCUT2D eigenvalue weighted by molar-refractivity contribution is 0.0692. The lowest BCUT2D eigenvalue weighted by Crippen LogP contribution is -2.06. The van der Waals surface area contributed by atoms with Crippen LogP contribution in [-0.4, -0.2) is 16.2 Å². The predicted molar refractivity (Wildman–Crippen MR) is 62.9 cm³/mol. The molecule has 16 heavy (non-hydrogen) atoms. The van der Waals surface area contributed by atoms with E-state index in [2.05, 4.69) is 6.58 Å². The zero-order valence-corrected chi connectivity index (χ0v) is 9.53. The molecule has 1 unspecified atom stereocenters. The van der Waals surface area contributed by atoms with E-state index in [1.807, 2.05) is 13.8 Å². The van der Waals surface area contributed by atoms with Crippen LogP contribution in [0.1, 0.15) is 42.1 Å². The number of carboxylic acids is 1. The Balaban J connectivity index is 3.17. The first-order valence-electron chi connectivity index (χ1n) is 5.13. The summed E-state index contributed by atoms with van der Waals surface area (Å²) < 4.78 is 0. The average molecular weight is 220 g/mol. The smallest absolute Gasteiger partial charge is 0.339 e. The van der Waals surface area contributed by atoms with Crippen molar-refractivity contribution in [3.63, 3.8) is 0 Å². The molecule has 1 aromatic carbocycles. The van der Waals surface area contributed by atoms with Gasteiger partial charge in [0.2, 0.25) is 0 Å². The molecule has 0 aliphatic rings. The molecule has 0 aromatic heterocycles. The molecule has 0 fully saturated rings. The van der Waals surface area contributed by atoms with Crippen LogP contribution in [0.3, 0.4) is 0 Å². The number of hydrogen-bond donors (Lipinski definition) is 2. The monoisotopic (exact) mass is 220 g/mol. The van der Waals surface area contributed by atoms with Crippen molar-refractivity contribution in [1.82, 2.24) is 0 Å². The largest absolute Gasteiger partial charge is 0.507 e. The van der Waals surface area contributed by atoms with Gasteiger partial charge in [0.15, 0.2) is 0 Å². The number of aromatic carboxylic acids is 1. The van der Waals surface area contributed by atoms with Crippen molar-refractivity contribution in [1.29, 1.82) is 0 Å². The summed E-state index contributed by atoms with van der Waals surface area (Å²) >= 11 is 0. The average Bonchev–Trinajstić information content (AvgIpc) is 2.15. The summed E-state index contributed by atoms with van der Waals surface area (Å²) in [5, 5.41) is 18.6. The van der Waals surface area contributed by atoms with Crippen LogP contribution in [0.2, 0.25) is 0 Å². The SMILES string of the molecule is C=C(C)CC(C)c1cccc(O)c1C(=O)O. The minimum Gasteiger partial charge on any atom is -0.507 e. The Hall–Kier alpha value is -1.77. The Morgan fingerprint density at radius 2 is 2.12 bits per heavy atom. The number of allylic oxidation sites excluding steroid dienone is 1. The third-order valence-electron chi connectivity index (χ3n) is 2.47. The number of hydrogen-bond acceptors (Lipinski definition) is 2. The molecule has 0 amide bonds. The lowest BCUT2D eigenvalue weighted by atomic mass is 9.90. The topological polar surface area (TPSA) is 57.5 Å². The summed E-state index contributed by atoms with van der Waals surface area (Å²) in [5.74, 6) is -1.24. The maximum atomic E-state index is 11.1.